The second-order valence-electron chi connectivity index (χ2n) is 5.14. The van der Waals surface area contributed by atoms with Gasteiger partial charge in [-0.3, -0.25) is 4.79 Å². The van der Waals surface area contributed by atoms with Crippen LogP contribution in [-0.2, 0) is 4.79 Å². The lowest BCUT2D eigenvalue weighted by Crippen LogP contribution is -2.49. The van der Waals surface area contributed by atoms with Crippen molar-refractivity contribution in [3.05, 3.63) is 0 Å². The normalized spacial score (nSPS) is 26.6. The van der Waals surface area contributed by atoms with E-state index < -0.39 is 11.8 Å². The molecule has 1 amide bonds. The first-order valence-corrected chi connectivity index (χ1v) is 6.18. The van der Waals surface area contributed by atoms with E-state index in [1.807, 2.05) is 0 Å². The molecule has 0 N–H and O–H groups in total. The molecule has 4 heteroatoms. The van der Waals surface area contributed by atoms with Crippen LogP contribution in [-0.4, -0.2) is 29.8 Å². The molecule has 2 rings (SSSR count). The average Bonchev–Trinajstić information content (AvgIpc) is 2.25. The molecule has 1 aliphatic carbocycles. The van der Waals surface area contributed by atoms with Crippen molar-refractivity contribution in [2.75, 3.05) is 13.1 Å². The van der Waals surface area contributed by atoms with Gasteiger partial charge in [-0.05, 0) is 18.8 Å². The Balaban J connectivity index is 1.79. The van der Waals surface area contributed by atoms with Gasteiger partial charge in [-0.2, -0.15) is 0 Å². The Bertz CT molecular complexity index is 264. The first-order chi connectivity index (χ1) is 7.52. The second-order valence-corrected chi connectivity index (χ2v) is 5.14. The summed E-state index contributed by atoms with van der Waals surface area (Å²) in [6.45, 7) is 3.69. The fourth-order valence-corrected chi connectivity index (χ4v) is 2.66. The smallest absolute Gasteiger partial charge is 0.249 e. The van der Waals surface area contributed by atoms with E-state index in [0.29, 0.717) is 5.92 Å². The van der Waals surface area contributed by atoms with Crippen LogP contribution in [0, 0.1) is 11.8 Å². The van der Waals surface area contributed by atoms with Gasteiger partial charge in [-0.1, -0.05) is 13.3 Å². The number of piperidine rings is 1. The summed E-state index contributed by atoms with van der Waals surface area (Å²) < 4.78 is 25.3. The maximum atomic E-state index is 12.7. The summed E-state index contributed by atoms with van der Waals surface area (Å²) in [4.78, 5) is 13.6. The Hall–Kier alpha value is -0.670. The lowest BCUT2D eigenvalue weighted by atomic mass is 9.80. The third kappa shape index (κ3) is 2.36. The SMILES string of the molecule is CCC1CCN(C(=O)C2CC(F)(F)C2)CC1. The highest BCUT2D eigenvalue weighted by molar-refractivity contribution is 5.80. The zero-order chi connectivity index (χ0) is 11.8. The molecule has 2 nitrogen and oxygen atoms in total. The zero-order valence-corrected chi connectivity index (χ0v) is 9.72. The molecule has 0 aromatic carbocycles. The summed E-state index contributed by atoms with van der Waals surface area (Å²) in [6, 6.07) is 0. The van der Waals surface area contributed by atoms with Crippen LogP contribution in [0.1, 0.15) is 39.0 Å². The van der Waals surface area contributed by atoms with Crippen LogP contribution >= 0.6 is 0 Å². The highest BCUT2D eigenvalue weighted by atomic mass is 19.3. The molecule has 0 unspecified atom stereocenters. The Morgan fingerprint density at radius 2 is 1.88 bits per heavy atom. The minimum atomic E-state index is -2.58. The number of hydrogen-bond donors (Lipinski definition) is 0. The standard InChI is InChI=1S/C12H19F2NO/c1-2-9-3-5-15(6-4-9)11(16)10-7-12(13,14)8-10/h9-10H,2-8H2,1H3. The minimum Gasteiger partial charge on any atom is -0.342 e. The van der Waals surface area contributed by atoms with E-state index in [1.165, 1.54) is 0 Å². The van der Waals surface area contributed by atoms with Crippen molar-refractivity contribution >= 4 is 5.91 Å². The van der Waals surface area contributed by atoms with Crippen molar-refractivity contribution < 1.29 is 13.6 Å². The number of nitrogens with zero attached hydrogens (tertiary/aromatic N) is 1. The largest absolute Gasteiger partial charge is 0.342 e. The van der Waals surface area contributed by atoms with Gasteiger partial charge in [0.05, 0.1) is 0 Å². The fourth-order valence-electron chi connectivity index (χ4n) is 2.66. The summed E-state index contributed by atoms with van der Waals surface area (Å²) in [7, 11) is 0. The Labute approximate surface area is 95.0 Å². The van der Waals surface area contributed by atoms with E-state index in [0.717, 1.165) is 32.4 Å². The van der Waals surface area contributed by atoms with Gasteiger partial charge in [0, 0.05) is 31.8 Å². The molecule has 1 saturated carbocycles. The van der Waals surface area contributed by atoms with Crippen LogP contribution in [0.4, 0.5) is 8.78 Å². The van der Waals surface area contributed by atoms with Crippen LogP contribution in [0.25, 0.3) is 0 Å². The van der Waals surface area contributed by atoms with Crippen molar-refractivity contribution in [2.45, 2.75) is 45.0 Å². The maximum absolute atomic E-state index is 12.7. The number of halogens is 2. The lowest BCUT2D eigenvalue weighted by Gasteiger charge is -2.39. The Kier molecular flexibility index (Phi) is 3.17. The minimum absolute atomic E-state index is 0.0412. The molecule has 1 aliphatic heterocycles. The molecule has 0 atom stereocenters. The molecule has 2 fully saturated rings. The van der Waals surface area contributed by atoms with Gasteiger partial charge in [0.1, 0.15) is 0 Å². The van der Waals surface area contributed by atoms with Crippen LogP contribution < -0.4 is 0 Å². The van der Waals surface area contributed by atoms with Gasteiger partial charge in [0.25, 0.3) is 0 Å². The zero-order valence-electron chi connectivity index (χ0n) is 9.72. The summed E-state index contributed by atoms with van der Waals surface area (Å²) >= 11 is 0. The van der Waals surface area contributed by atoms with Crippen molar-refractivity contribution in [2.24, 2.45) is 11.8 Å². The number of carbonyl (C=O) groups excluding carboxylic acids is 1. The third-order valence-corrected chi connectivity index (χ3v) is 3.94. The predicted octanol–water partition coefficient (Wildman–Crippen LogP) is 2.68. The topological polar surface area (TPSA) is 20.3 Å². The van der Waals surface area contributed by atoms with E-state index in [-0.39, 0.29) is 18.7 Å². The lowest BCUT2D eigenvalue weighted by molar-refractivity contribution is -0.161. The van der Waals surface area contributed by atoms with Gasteiger partial charge in [-0.25, -0.2) is 8.78 Å². The van der Waals surface area contributed by atoms with Crippen molar-refractivity contribution in [3.63, 3.8) is 0 Å². The molecule has 1 saturated heterocycles. The van der Waals surface area contributed by atoms with Crippen LogP contribution in [0.2, 0.25) is 0 Å². The molecule has 1 heterocycles. The molecule has 16 heavy (non-hydrogen) atoms. The number of likely N-dealkylation sites (tertiary alicyclic amines) is 1. The second kappa shape index (κ2) is 4.30. The third-order valence-electron chi connectivity index (χ3n) is 3.94. The van der Waals surface area contributed by atoms with E-state index in [2.05, 4.69) is 6.92 Å². The maximum Gasteiger partial charge on any atom is 0.249 e. The van der Waals surface area contributed by atoms with Gasteiger partial charge >= 0.3 is 0 Å². The first kappa shape index (κ1) is 11.8. The number of rotatable bonds is 2. The fraction of sp³-hybridized carbons (Fsp3) is 0.917. The summed E-state index contributed by atoms with van der Waals surface area (Å²) in [5.74, 6) is -2.32. The number of amides is 1. The highest BCUT2D eigenvalue weighted by Crippen LogP contribution is 2.43. The molecular weight excluding hydrogens is 212 g/mol. The molecule has 0 aromatic heterocycles. The summed E-state index contributed by atoms with van der Waals surface area (Å²) in [5, 5.41) is 0. The van der Waals surface area contributed by atoms with Crippen LogP contribution in [0.5, 0.6) is 0 Å². The predicted molar refractivity (Wildman–Crippen MR) is 57.3 cm³/mol. The molecule has 0 radical (unpaired) electrons. The van der Waals surface area contributed by atoms with Crippen LogP contribution in [0.3, 0.4) is 0 Å². The van der Waals surface area contributed by atoms with Crippen LogP contribution in [0.15, 0.2) is 0 Å². The molecule has 0 aromatic rings. The summed E-state index contributed by atoms with van der Waals surface area (Å²) in [5.41, 5.74) is 0. The Morgan fingerprint density at radius 3 is 2.31 bits per heavy atom. The van der Waals surface area contributed by atoms with Gasteiger partial charge in [-0.15, -0.1) is 0 Å². The number of hydrogen-bond acceptors (Lipinski definition) is 1. The molecule has 0 spiro atoms. The quantitative estimate of drug-likeness (QED) is 0.715. The van der Waals surface area contributed by atoms with Crippen molar-refractivity contribution in [1.29, 1.82) is 0 Å². The van der Waals surface area contributed by atoms with Gasteiger partial charge < -0.3 is 4.90 Å². The van der Waals surface area contributed by atoms with E-state index in [1.54, 1.807) is 4.90 Å². The molecule has 92 valence electrons. The molecular formula is C12H19F2NO. The Morgan fingerprint density at radius 1 is 1.31 bits per heavy atom. The molecule has 2 aliphatic rings. The summed E-state index contributed by atoms with van der Waals surface area (Å²) in [6.07, 6.45) is 2.75. The number of carbonyl (C=O) groups is 1. The number of alkyl halides is 2. The van der Waals surface area contributed by atoms with E-state index in [9.17, 15) is 13.6 Å². The average molecular weight is 231 g/mol. The van der Waals surface area contributed by atoms with Crippen molar-refractivity contribution in [1.82, 2.24) is 4.90 Å². The van der Waals surface area contributed by atoms with E-state index in [4.69, 9.17) is 0 Å². The first-order valence-electron chi connectivity index (χ1n) is 6.18. The highest BCUT2D eigenvalue weighted by Gasteiger charge is 2.49. The van der Waals surface area contributed by atoms with Gasteiger partial charge in [0.2, 0.25) is 11.8 Å². The van der Waals surface area contributed by atoms with Gasteiger partial charge in [0.15, 0.2) is 0 Å². The van der Waals surface area contributed by atoms with E-state index >= 15 is 0 Å². The molecule has 0 bridgehead atoms. The monoisotopic (exact) mass is 231 g/mol. The van der Waals surface area contributed by atoms with Crippen molar-refractivity contribution in [3.8, 4) is 0 Å².